The number of fused-ring (bicyclic) bond motifs is 1. The number of piperidine rings is 1. The van der Waals surface area contributed by atoms with Crippen LogP contribution in [0.3, 0.4) is 0 Å². The number of nitrogens with two attached hydrogens (primary N) is 1. The second-order valence-corrected chi connectivity index (χ2v) is 10.8. The van der Waals surface area contributed by atoms with Gasteiger partial charge in [-0.05, 0) is 36.6 Å². The number of anilines is 1. The zero-order valence-electron chi connectivity index (χ0n) is 19.7. The van der Waals surface area contributed by atoms with E-state index in [1.807, 2.05) is 0 Å². The molecule has 0 aliphatic carbocycles. The smallest absolute Gasteiger partial charge is 0.259 e. The molecule has 10 nitrogen and oxygen atoms in total. The van der Waals surface area contributed by atoms with Gasteiger partial charge in [-0.1, -0.05) is 26.0 Å². The van der Waals surface area contributed by atoms with Gasteiger partial charge in [0.25, 0.3) is 15.9 Å². The maximum atomic E-state index is 13.1. The number of benzene rings is 1. The van der Waals surface area contributed by atoms with Gasteiger partial charge in [-0.15, -0.1) is 4.40 Å². The van der Waals surface area contributed by atoms with E-state index in [0.717, 1.165) is 12.8 Å². The van der Waals surface area contributed by atoms with Crippen LogP contribution < -0.4 is 15.8 Å². The van der Waals surface area contributed by atoms with Gasteiger partial charge in [0.2, 0.25) is 5.91 Å². The summed E-state index contributed by atoms with van der Waals surface area (Å²) in [4.78, 5) is 31.0. The second kappa shape index (κ2) is 10.0. The average molecular weight is 500 g/mol. The van der Waals surface area contributed by atoms with Crippen LogP contribution in [-0.2, 0) is 20.6 Å². The molecule has 0 radical (unpaired) electrons. The van der Waals surface area contributed by atoms with E-state index in [2.05, 4.69) is 14.7 Å². The van der Waals surface area contributed by atoms with Crippen molar-refractivity contribution in [3.05, 3.63) is 53.2 Å². The highest BCUT2D eigenvalue weighted by molar-refractivity contribution is 7.89. The highest BCUT2D eigenvalue weighted by atomic mass is 32.2. The molecule has 4 rings (SSSR count). The fourth-order valence-electron chi connectivity index (χ4n) is 4.21. The number of pyridine rings is 1. The van der Waals surface area contributed by atoms with Gasteiger partial charge >= 0.3 is 0 Å². The van der Waals surface area contributed by atoms with E-state index >= 15 is 0 Å². The monoisotopic (exact) mass is 499 g/mol. The lowest BCUT2D eigenvalue weighted by atomic mass is 9.98. The largest absolute Gasteiger partial charge is 0.492 e. The fraction of sp³-hybridized carbons (Fsp3) is 0.417. The molecule has 0 unspecified atom stereocenters. The van der Waals surface area contributed by atoms with Crippen molar-refractivity contribution in [3.8, 4) is 5.75 Å². The minimum absolute atomic E-state index is 0.0691. The van der Waals surface area contributed by atoms with Crippen molar-refractivity contribution in [2.75, 3.05) is 25.0 Å². The zero-order valence-corrected chi connectivity index (χ0v) is 20.5. The molecule has 2 amide bonds. The molecule has 2 aliphatic heterocycles. The van der Waals surface area contributed by atoms with Crippen LogP contribution in [0, 0.1) is 11.8 Å². The Morgan fingerprint density at radius 2 is 2.09 bits per heavy atom. The maximum absolute atomic E-state index is 13.1. The molecule has 3 heterocycles. The third-order valence-corrected chi connectivity index (χ3v) is 7.16. The standard InChI is InChI=1S/C24H29N5O5S/c1-15(2)23(30)27-20-11-17(8-9-26-20)24(31)29-10-4-5-16(12-29)13-34-19-7-3-6-18-14-35(32,33)28-22(25)21(18)19/h3,6-9,11,15-16H,4-5,10,12-14H2,1-2H3,(H2,25,28)(H,26,27,30)/t16-/m0/s1. The lowest BCUT2D eigenvalue weighted by Crippen LogP contribution is -2.41. The Hall–Kier alpha value is -3.47. The van der Waals surface area contributed by atoms with Gasteiger partial charge in [0.1, 0.15) is 17.4 Å². The summed E-state index contributed by atoms with van der Waals surface area (Å²) in [6.07, 6.45) is 3.23. The zero-order chi connectivity index (χ0) is 25.2. The van der Waals surface area contributed by atoms with E-state index in [4.69, 9.17) is 10.5 Å². The Kier molecular flexibility index (Phi) is 7.06. The number of amides is 2. The van der Waals surface area contributed by atoms with Crippen LogP contribution in [0.15, 0.2) is 40.9 Å². The van der Waals surface area contributed by atoms with Gasteiger partial charge in [-0.25, -0.2) is 13.4 Å². The maximum Gasteiger partial charge on any atom is 0.259 e. The number of nitrogens with zero attached hydrogens (tertiary/aromatic N) is 3. The summed E-state index contributed by atoms with van der Waals surface area (Å²) in [6, 6.07) is 8.41. The van der Waals surface area contributed by atoms with Gasteiger partial charge in [0.05, 0.1) is 17.9 Å². The van der Waals surface area contributed by atoms with Gasteiger partial charge < -0.3 is 20.7 Å². The van der Waals surface area contributed by atoms with Crippen LogP contribution in [0.4, 0.5) is 5.82 Å². The molecular weight excluding hydrogens is 470 g/mol. The Bertz CT molecular complexity index is 1270. The van der Waals surface area contributed by atoms with Gasteiger partial charge in [0, 0.05) is 36.7 Å². The Labute approximate surface area is 204 Å². The molecule has 2 aliphatic rings. The van der Waals surface area contributed by atoms with Gasteiger partial charge in [-0.2, -0.15) is 0 Å². The summed E-state index contributed by atoms with van der Waals surface area (Å²) in [7, 11) is -3.62. The normalized spacial score (nSPS) is 19.0. The highest BCUT2D eigenvalue weighted by Crippen LogP contribution is 2.29. The van der Waals surface area contributed by atoms with E-state index < -0.39 is 10.0 Å². The Morgan fingerprint density at radius 1 is 1.29 bits per heavy atom. The number of carbonyl (C=O) groups is 2. The lowest BCUT2D eigenvalue weighted by molar-refractivity contribution is -0.118. The van der Waals surface area contributed by atoms with Crippen LogP contribution in [-0.4, -0.2) is 55.6 Å². The molecule has 0 saturated carbocycles. The molecule has 3 N–H and O–H groups in total. The molecular formula is C24H29N5O5S. The van der Waals surface area contributed by atoms with Crippen molar-refractivity contribution in [2.24, 2.45) is 22.0 Å². The number of sulfonamides is 1. The summed E-state index contributed by atoms with van der Waals surface area (Å²) in [5, 5.41) is 2.72. The van der Waals surface area contributed by atoms with Crippen molar-refractivity contribution in [2.45, 2.75) is 32.4 Å². The molecule has 0 spiro atoms. The summed E-state index contributed by atoms with van der Waals surface area (Å²) < 4.78 is 33.4. The van der Waals surface area contributed by atoms with Crippen molar-refractivity contribution in [3.63, 3.8) is 0 Å². The number of nitrogens with one attached hydrogen (secondary N) is 1. The number of hydrogen-bond acceptors (Lipinski definition) is 7. The third-order valence-electron chi connectivity index (χ3n) is 6.01. The van der Waals surface area contributed by atoms with Gasteiger partial charge in [-0.3, -0.25) is 9.59 Å². The molecule has 1 fully saturated rings. The molecule has 1 aromatic heterocycles. The quantitative estimate of drug-likeness (QED) is 0.620. The van der Waals surface area contributed by atoms with Crippen molar-refractivity contribution in [1.29, 1.82) is 0 Å². The first-order valence-corrected chi connectivity index (χ1v) is 13.1. The molecule has 1 saturated heterocycles. The molecule has 11 heteroatoms. The number of rotatable bonds is 6. The minimum atomic E-state index is -3.62. The Morgan fingerprint density at radius 3 is 2.86 bits per heavy atom. The predicted molar refractivity (Wildman–Crippen MR) is 132 cm³/mol. The van der Waals surface area contributed by atoms with Crippen LogP contribution in [0.1, 0.15) is 48.2 Å². The van der Waals surface area contributed by atoms with E-state index in [0.29, 0.717) is 48.0 Å². The summed E-state index contributed by atoms with van der Waals surface area (Å²) >= 11 is 0. The third kappa shape index (κ3) is 5.79. The average Bonchev–Trinajstić information content (AvgIpc) is 2.81. The molecule has 0 bridgehead atoms. The molecule has 2 aromatic rings. The number of carbonyl (C=O) groups excluding carboxylic acids is 2. The lowest BCUT2D eigenvalue weighted by Gasteiger charge is -2.33. The van der Waals surface area contributed by atoms with E-state index in [1.165, 1.54) is 6.20 Å². The molecule has 35 heavy (non-hydrogen) atoms. The molecule has 1 aromatic carbocycles. The molecule has 1 atom stereocenters. The van der Waals surface area contributed by atoms with E-state index in [-0.39, 0.29) is 35.2 Å². The summed E-state index contributed by atoms with van der Waals surface area (Å²) in [5.74, 6) is 0.164. The van der Waals surface area contributed by atoms with Crippen LogP contribution in [0.5, 0.6) is 5.75 Å². The summed E-state index contributed by atoms with van der Waals surface area (Å²) in [6.45, 7) is 5.07. The van der Waals surface area contributed by atoms with Crippen molar-refractivity contribution in [1.82, 2.24) is 9.88 Å². The Balaban J connectivity index is 1.41. The molecule has 186 valence electrons. The highest BCUT2D eigenvalue weighted by Gasteiger charge is 2.28. The van der Waals surface area contributed by atoms with Crippen molar-refractivity contribution >= 4 is 33.5 Å². The number of aromatic nitrogens is 1. The number of hydrogen-bond donors (Lipinski definition) is 2. The first-order chi connectivity index (χ1) is 16.6. The predicted octanol–water partition coefficient (Wildman–Crippen LogP) is 2.16. The van der Waals surface area contributed by atoms with Crippen LogP contribution in [0.25, 0.3) is 0 Å². The van der Waals surface area contributed by atoms with E-state index in [9.17, 15) is 18.0 Å². The van der Waals surface area contributed by atoms with Crippen LogP contribution in [0.2, 0.25) is 0 Å². The van der Waals surface area contributed by atoms with E-state index in [1.54, 1.807) is 49.1 Å². The van der Waals surface area contributed by atoms with Crippen molar-refractivity contribution < 1.29 is 22.7 Å². The topological polar surface area (TPSA) is 144 Å². The number of amidine groups is 1. The van der Waals surface area contributed by atoms with Crippen LogP contribution >= 0.6 is 0 Å². The number of ether oxygens (including phenoxy) is 1. The SMILES string of the molecule is CC(C)C(=O)Nc1cc(C(=O)N2CCC[C@H](COc3cccc4c3C(N)=NS(=O)(=O)C4)C2)ccn1. The fourth-order valence-corrected chi connectivity index (χ4v) is 5.30. The first-order valence-electron chi connectivity index (χ1n) is 11.5. The first kappa shape index (κ1) is 24.6. The number of likely N-dealkylation sites (tertiary alicyclic amines) is 1. The minimum Gasteiger partial charge on any atom is -0.492 e. The second-order valence-electron chi connectivity index (χ2n) is 9.14. The summed E-state index contributed by atoms with van der Waals surface area (Å²) in [5.41, 5.74) is 7.46. The van der Waals surface area contributed by atoms with Gasteiger partial charge in [0.15, 0.2) is 0 Å².